The van der Waals surface area contributed by atoms with Crippen molar-refractivity contribution in [1.82, 2.24) is 9.97 Å². The number of allylic oxidation sites excluding steroid dienone is 1. The van der Waals surface area contributed by atoms with Gasteiger partial charge in [-0.1, -0.05) is 13.3 Å². The Morgan fingerprint density at radius 1 is 1.53 bits per heavy atom. The van der Waals surface area contributed by atoms with E-state index in [1.165, 1.54) is 0 Å². The molecule has 4 heteroatoms. The summed E-state index contributed by atoms with van der Waals surface area (Å²) in [5.41, 5.74) is 0. The Labute approximate surface area is 89.7 Å². The fourth-order valence-electron chi connectivity index (χ4n) is 0.980. The molecule has 0 atom stereocenters. The number of ether oxygens (including phenoxy) is 1. The first-order chi connectivity index (χ1) is 7.36. The predicted molar refractivity (Wildman–Crippen MR) is 59.4 cm³/mol. The van der Waals surface area contributed by atoms with Crippen LogP contribution in [0.4, 0.5) is 0 Å². The van der Waals surface area contributed by atoms with Gasteiger partial charge in [0.25, 0.3) is 0 Å². The average molecular weight is 205 g/mol. The van der Waals surface area contributed by atoms with Gasteiger partial charge in [-0.15, -0.1) is 0 Å². The van der Waals surface area contributed by atoms with E-state index in [9.17, 15) is 0 Å². The number of nitrogens with zero attached hydrogens (tertiary/aromatic N) is 3. The van der Waals surface area contributed by atoms with Crippen LogP contribution in [-0.2, 0) is 11.3 Å². The highest BCUT2D eigenvalue weighted by molar-refractivity contribution is 5.27. The lowest BCUT2D eigenvalue weighted by Gasteiger charge is -2.04. The molecule has 0 aliphatic rings. The minimum Gasteiger partial charge on any atom is -0.470 e. The van der Waals surface area contributed by atoms with Crippen molar-refractivity contribution in [2.45, 2.75) is 26.4 Å². The summed E-state index contributed by atoms with van der Waals surface area (Å²) < 4.78 is 5.39. The van der Waals surface area contributed by atoms with Gasteiger partial charge in [-0.05, 0) is 25.3 Å². The van der Waals surface area contributed by atoms with Gasteiger partial charge in [0.15, 0.2) is 5.82 Å². The zero-order valence-electron chi connectivity index (χ0n) is 8.89. The standard InChI is InChI=1S/C11H15N3O/c1-3-4-6-11(12-2)15-9-10-13-7-5-8-14-10/h5-8H,2-4,9H2,1H3/b11-6+. The Bertz CT molecular complexity index is 322. The molecule has 1 rings (SSSR count). The van der Waals surface area contributed by atoms with Gasteiger partial charge in [0.2, 0.25) is 5.88 Å². The zero-order valence-corrected chi connectivity index (χ0v) is 8.89. The lowest BCUT2D eigenvalue weighted by Crippen LogP contribution is -1.97. The summed E-state index contributed by atoms with van der Waals surface area (Å²) >= 11 is 0. The topological polar surface area (TPSA) is 47.4 Å². The molecule has 0 saturated carbocycles. The van der Waals surface area contributed by atoms with E-state index in [0.717, 1.165) is 12.8 Å². The van der Waals surface area contributed by atoms with Crippen LogP contribution in [0.1, 0.15) is 25.6 Å². The van der Waals surface area contributed by atoms with Crippen LogP contribution in [-0.4, -0.2) is 16.7 Å². The van der Waals surface area contributed by atoms with Crippen molar-refractivity contribution >= 4 is 6.72 Å². The van der Waals surface area contributed by atoms with E-state index in [0.29, 0.717) is 18.3 Å². The number of rotatable bonds is 6. The van der Waals surface area contributed by atoms with Crippen molar-refractivity contribution in [2.75, 3.05) is 0 Å². The molecule has 1 heterocycles. The third-order valence-electron chi connectivity index (χ3n) is 1.73. The highest BCUT2D eigenvalue weighted by Gasteiger charge is 1.97. The molecule has 80 valence electrons. The predicted octanol–water partition coefficient (Wildman–Crippen LogP) is 2.34. The lowest BCUT2D eigenvalue weighted by atomic mass is 10.3. The number of hydrogen-bond acceptors (Lipinski definition) is 4. The zero-order chi connectivity index (χ0) is 10.9. The first-order valence-electron chi connectivity index (χ1n) is 4.92. The molecule has 0 aliphatic heterocycles. The van der Waals surface area contributed by atoms with Crippen molar-refractivity contribution in [3.8, 4) is 0 Å². The van der Waals surface area contributed by atoms with Crippen LogP contribution in [0, 0.1) is 0 Å². The molecule has 0 N–H and O–H groups in total. The van der Waals surface area contributed by atoms with Gasteiger partial charge in [0, 0.05) is 12.4 Å². The summed E-state index contributed by atoms with van der Waals surface area (Å²) in [4.78, 5) is 11.9. The minimum absolute atomic E-state index is 0.329. The number of hydrogen-bond donors (Lipinski definition) is 0. The van der Waals surface area contributed by atoms with E-state index >= 15 is 0 Å². The van der Waals surface area contributed by atoms with Crippen LogP contribution in [0.5, 0.6) is 0 Å². The van der Waals surface area contributed by atoms with Crippen molar-refractivity contribution in [3.05, 3.63) is 36.2 Å². The summed E-state index contributed by atoms with van der Waals surface area (Å²) in [6.07, 6.45) is 7.27. The Morgan fingerprint density at radius 3 is 2.87 bits per heavy atom. The van der Waals surface area contributed by atoms with E-state index in [4.69, 9.17) is 4.74 Å². The van der Waals surface area contributed by atoms with Gasteiger partial charge in [0.1, 0.15) is 6.61 Å². The minimum atomic E-state index is 0.329. The molecule has 0 bridgehead atoms. The van der Waals surface area contributed by atoms with Crippen LogP contribution < -0.4 is 0 Å². The highest BCUT2D eigenvalue weighted by Crippen LogP contribution is 2.04. The lowest BCUT2D eigenvalue weighted by molar-refractivity contribution is 0.189. The van der Waals surface area contributed by atoms with E-state index in [-0.39, 0.29) is 0 Å². The van der Waals surface area contributed by atoms with Crippen molar-refractivity contribution < 1.29 is 4.74 Å². The van der Waals surface area contributed by atoms with Crippen molar-refractivity contribution in [1.29, 1.82) is 0 Å². The van der Waals surface area contributed by atoms with Crippen LogP contribution in [0.15, 0.2) is 35.4 Å². The van der Waals surface area contributed by atoms with E-state index < -0.39 is 0 Å². The van der Waals surface area contributed by atoms with Gasteiger partial charge in [-0.25, -0.2) is 15.0 Å². The maximum absolute atomic E-state index is 5.39. The van der Waals surface area contributed by atoms with Crippen molar-refractivity contribution in [2.24, 2.45) is 4.99 Å². The Kier molecular flexibility index (Phi) is 5.08. The molecule has 15 heavy (non-hydrogen) atoms. The Balaban J connectivity index is 2.44. The van der Waals surface area contributed by atoms with Crippen molar-refractivity contribution in [3.63, 3.8) is 0 Å². The fraction of sp³-hybridized carbons (Fsp3) is 0.364. The van der Waals surface area contributed by atoms with Crippen LogP contribution in [0.2, 0.25) is 0 Å². The molecule has 1 aromatic rings. The number of aromatic nitrogens is 2. The molecular weight excluding hydrogens is 190 g/mol. The number of aliphatic imine (C=N–C) groups is 1. The van der Waals surface area contributed by atoms with E-state index in [1.807, 2.05) is 6.08 Å². The second kappa shape index (κ2) is 6.70. The molecule has 0 fully saturated rings. The summed E-state index contributed by atoms with van der Waals surface area (Å²) in [5.74, 6) is 1.19. The van der Waals surface area contributed by atoms with E-state index in [2.05, 4.69) is 28.6 Å². The molecule has 0 aromatic carbocycles. The molecule has 4 nitrogen and oxygen atoms in total. The quantitative estimate of drug-likeness (QED) is 0.529. The summed E-state index contributed by atoms with van der Waals surface area (Å²) in [6.45, 7) is 5.87. The second-order valence-electron chi connectivity index (χ2n) is 2.94. The van der Waals surface area contributed by atoms with Gasteiger partial charge in [0.05, 0.1) is 0 Å². The maximum Gasteiger partial charge on any atom is 0.208 e. The third kappa shape index (κ3) is 4.35. The van der Waals surface area contributed by atoms with E-state index in [1.54, 1.807) is 18.5 Å². The summed E-state index contributed by atoms with van der Waals surface area (Å²) in [5, 5.41) is 0. The third-order valence-corrected chi connectivity index (χ3v) is 1.73. The second-order valence-corrected chi connectivity index (χ2v) is 2.94. The Hall–Kier alpha value is -1.71. The molecule has 0 amide bonds. The van der Waals surface area contributed by atoms with Gasteiger partial charge in [-0.2, -0.15) is 0 Å². The first kappa shape index (κ1) is 11.4. The van der Waals surface area contributed by atoms with Crippen LogP contribution >= 0.6 is 0 Å². The highest BCUT2D eigenvalue weighted by atomic mass is 16.5. The number of unbranched alkanes of at least 4 members (excludes halogenated alkanes) is 1. The Morgan fingerprint density at radius 2 is 2.27 bits per heavy atom. The van der Waals surface area contributed by atoms with Crippen LogP contribution in [0.25, 0.3) is 0 Å². The molecule has 0 spiro atoms. The van der Waals surface area contributed by atoms with Gasteiger partial charge in [-0.3, -0.25) is 0 Å². The monoisotopic (exact) mass is 205 g/mol. The smallest absolute Gasteiger partial charge is 0.208 e. The fourth-order valence-corrected chi connectivity index (χ4v) is 0.980. The van der Waals surface area contributed by atoms with Crippen LogP contribution in [0.3, 0.4) is 0 Å². The molecular formula is C11H15N3O. The maximum atomic E-state index is 5.39. The van der Waals surface area contributed by atoms with Gasteiger partial charge >= 0.3 is 0 Å². The van der Waals surface area contributed by atoms with Gasteiger partial charge < -0.3 is 4.74 Å². The normalized spacial score (nSPS) is 11.1. The average Bonchev–Trinajstić information content (AvgIpc) is 2.31. The SMILES string of the molecule is C=N/C(=C\CCC)OCc1ncccn1. The first-order valence-corrected chi connectivity index (χ1v) is 4.92. The molecule has 0 aliphatic carbocycles. The molecule has 1 aromatic heterocycles. The molecule has 0 radical (unpaired) electrons. The largest absolute Gasteiger partial charge is 0.470 e. The summed E-state index contributed by atoms with van der Waals surface area (Å²) in [7, 11) is 0. The summed E-state index contributed by atoms with van der Waals surface area (Å²) in [6, 6.07) is 1.77. The molecule has 0 unspecified atom stereocenters. The molecule has 0 saturated heterocycles.